The molecule has 1 N–H and O–H groups in total. The Labute approximate surface area is 147 Å². The Morgan fingerprint density at radius 3 is 2.58 bits per heavy atom. The fourth-order valence-electron chi connectivity index (χ4n) is 3.30. The van der Waals surface area contributed by atoms with Crippen molar-refractivity contribution in [2.75, 3.05) is 6.54 Å². The van der Waals surface area contributed by atoms with Gasteiger partial charge in [-0.15, -0.1) is 6.42 Å². The predicted molar refractivity (Wildman–Crippen MR) is 94.0 cm³/mol. The average molecular weight is 348 g/mol. The van der Waals surface area contributed by atoms with Crippen molar-refractivity contribution in [3.63, 3.8) is 0 Å². The normalized spacial score (nSPS) is 16.2. The molecule has 0 spiro atoms. The molecule has 1 amide bonds. The van der Waals surface area contributed by atoms with Crippen LogP contribution in [0, 0.1) is 12.3 Å². The van der Waals surface area contributed by atoms with Crippen LogP contribution in [0.4, 0.5) is 0 Å². The van der Waals surface area contributed by atoms with Crippen LogP contribution in [0.5, 0.6) is 0 Å². The Morgan fingerprint density at radius 2 is 2.00 bits per heavy atom. The molecule has 0 heterocycles. The van der Waals surface area contributed by atoms with Gasteiger partial charge in [0.1, 0.15) is 5.54 Å². The summed E-state index contributed by atoms with van der Waals surface area (Å²) in [4.78, 5) is 25.6. The number of carboxylic acid groups (broad SMARTS) is 1. The van der Waals surface area contributed by atoms with Crippen molar-refractivity contribution >= 4 is 23.5 Å². The third kappa shape index (κ3) is 4.30. The molecule has 0 atom stereocenters. The molecule has 1 saturated carbocycles. The molecule has 4 nitrogen and oxygen atoms in total. The Bertz CT molecular complexity index is 644. The zero-order valence-electron chi connectivity index (χ0n) is 13.6. The summed E-state index contributed by atoms with van der Waals surface area (Å²) in [5, 5.41) is 9.38. The number of hydrogen-bond acceptors (Lipinski definition) is 2. The van der Waals surface area contributed by atoms with Crippen molar-refractivity contribution in [3.05, 3.63) is 34.9 Å². The number of benzene rings is 1. The largest absolute Gasteiger partial charge is 0.481 e. The summed E-state index contributed by atoms with van der Waals surface area (Å²) in [7, 11) is 0. The maximum absolute atomic E-state index is 13.1. The summed E-state index contributed by atoms with van der Waals surface area (Å²) in [6, 6.07) is 6.78. The molecule has 0 saturated heterocycles. The van der Waals surface area contributed by atoms with Crippen LogP contribution in [-0.2, 0) is 4.79 Å². The molecule has 1 aliphatic rings. The van der Waals surface area contributed by atoms with Crippen molar-refractivity contribution in [2.24, 2.45) is 0 Å². The first-order valence-corrected chi connectivity index (χ1v) is 8.63. The molecule has 0 bridgehead atoms. The molecule has 1 aliphatic carbocycles. The number of carbonyl (C=O) groups excluding carboxylic acids is 1. The van der Waals surface area contributed by atoms with E-state index in [-0.39, 0.29) is 12.3 Å². The van der Waals surface area contributed by atoms with E-state index in [1.807, 2.05) is 0 Å². The summed E-state index contributed by atoms with van der Waals surface area (Å²) in [5.41, 5.74) is -0.145. The number of hydrogen-bond donors (Lipinski definition) is 1. The van der Waals surface area contributed by atoms with E-state index in [1.165, 1.54) is 0 Å². The van der Waals surface area contributed by atoms with Crippen LogP contribution in [0.1, 0.15) is 55.3 Å². The molecule has 128 valence electrons. The highest BCUT2D eigenvalue weighted by molar-refractivity contribution is 6.30. The molecule has 0 radical (unpaired) electrons. The minimum atomic E-state index is -0.872. The minimum absolute atomic E-state index is 0.0139. The number of rotatable bonds is 6. The maximum Gasteiger partial charge on any atom is 0.303 e. The highest BCUT2D eigenvalue weighted by Gasteiger charge is 2.39. The molecule has 0 aromatic heterocycles. The van der Waals surface area contributed by atoms with E-state index in [9.17, 15) is 9.59 Å². The number of carbonyl (C=O) groups is 2. The van der Waals surface area contributed by atoms with E-state index in [0.29, 0.717) is 23.6 Å². The van der Waals surface area contributed by atoms with Gasteiger partial charge in [0.15, 0.2) is 0 Å². The van der Waals surface area contributed by atoms with E-state index < -0.39 is 11.5 Å². The van der Waals surface area contributed by atoms with Crippen LogP contribution in [0.25, 0.3) is 0 Å². The van der Waals surface area contributed by atoms with Crippen molar-refractivity contribution in [3.8, 4) is 12.3 Å². The topological polar surface area (TPSA) is 57.6 Å². The van der Waals surface area contributed by atoms with Gasteiger partial charge in [-0.2, -0.15) is 0 Å². The molecule has 1 aromatic rings. The second kappa shape index (κ2) is 8.21. The lowest BCUT2D eigenvalue weighted by molar-refractivity contribution is -0.137. The van der Waals surface area contributed by atoms with Gasteiger partial charge < -0.3 is 10.0 Å². The van der Waals surface area contributed by atoms with E-state index >= 15 is 0 Å². The number of aliphatic carboxylic acids is 1. The van der Waals surface area contributed by atoms with Gasteiger partial charge in [0, 0.05) is 23.6 Å². The second-order valence-corrected chi connectivity index (χ2v) is 6.64. The average Bonchev–Trinajstić information content (AvgIpc) is 2.58. The smallest absolute Gasteiger partial charge is 0.303 e. The highest BCUT2D eigenvalue weighted by atomic mass is 35.5. The SMILES string of the molecule is C#CC1(N(CCCC(=O)O)C(=O)c2cccc(Cl)c2)CCCCC1. The Balaban J connectivity index is 2.29. The number of halogens is 1. The lowest BCUT2D eigenvalue weighted by atomic mass is 9.80. The van der Waals surface area contributed by atoms with Crippen molar-refractivity contribution in [2.45, 2.75) is 50.5 Å². The molecular weight excluding hydrogens is 326 g/mol. The van der Waals surface area contributed by atoms with E-state index in [2.05, 4.69) is 5.92 Å². The minimum Gasteiger partial charge on any atom is -0.481 e. The molecule has 5 heteroatoms. The van der Waals surface area contributed by atoms with Gasteiger partial charge in [-0.25, -0.2) is 0 Å². The Hall–Kier alpha value is -1.99. The van der Waals surface area contributed by atoms with Crippen molar-refractivity contribution in [1.29, 1.82) is 0 Å². The summed E-state index contributed by atoms with van der Waals surface area (Å²) in [5.74, 6) is 1.80. The first-order valence-electron chi connectivity index (χ1n) is 8.25. The predicted octanol–water partition coefficient (Wildman–Crippen LogP) is 3.98. The lowest BCUT2D eigenvalue weighted by Crippen LogP contribution is -2.52. The maximum atomic E-state index is 13.1. The molecule has 0 unspecified atom stereocenters. The quantitative estimate of drug-likeness (QED) is 0.792. The third-order valence-electron chi connectivity index (χ3n) is 4.56. The van der Waals surface area contributed by atoms with Gasteiger partial charge in [0.25, 0.3) is 5.91 Å². The van der Waals surface area contributed by atoms with E-state index in [0.717, 1.165) is 32.1 Å². The standard InChI is InChI=1S/C19H22ClNO3/c1-2-19(11-4-3-5-12-19)21(13-7-10-17(22)23)18(24)15-8-6-9-16(20)14-15/h1,6,8-9,14H,3-5,7,10-13H2,(H,22,23). The number of amides is 1. The fraction of sp³-hybridized carbons (Fsp3) is 0.474. The number of nitrogens with zero attached hydrogens (tertiary/aromatic N) is 1. The van der Waals surface area contributed by atoms with Gasteiger partial charge in [-0.1, -0.05) is 42.9 Å². The van der Waals surface area contributed by atoms with Crippen LogP contribution in [0.3, 0.4) is 0 Å². The number of terminal acetylenes is 1. The second-order valence-electron chi connectivity index (χ2n) is 6.20. The van der Waals surface area contributed by atoms with Gasteiger partial charge >= 0.3 is 5.97 Å². The first-order chi connectivity index (χ1) is 11.5. The Kier molecular flexibility index (Phi) is 6.28. The van der Waals surface area contributed by atoms with Crippen LogP contribution in [0.15, 0.2) is 24.3 Å². The van der Waals surface area contributed by atoms with Crippen molar-refractivity contribution < 1.29 is 14.7 Å². The molecule has 2 rings (SSSR count). The van der Waals surface area contributed by atoms with Crippen LogP contribution >= 0.6 is 11.6 Å². The molecular formula is C19H22ClNO3. The van der Waals surface area contributed by atoms with Crippen LogP contribution in [-0.4, -0.2) is 34.0 Å². The van der Waals surface area contributed by atoms with Crippen LogP contribution < -0.4 is 0 Å². The fourth-order valence-corrected chi connectivity index (χ4v) is 3.49. The van der Waals surface area contributed by atoms with Gasteiger partial charge in [-0.05, 0) is 37.5 Å². The lowest BCUT2D eigenvalue weighted by Gasteiger charge is -2.43. The monoisotopic (exact) mass is 347 g/mol. The third-order valence-corrected chi connectivity index (χ3v) is 4.79. The first kappa shape index (κ1) is 18.4. The van der Waals surface area contributed by atoms with Gasteiger partial charge in [0.2, 0.25) is 0 Å². The number of carboxylic acids is 1. The summed E-state index contributed by atoms with van der Waals surface area (Å²) in [6.07, 6.45) is 10.8. The van der Waals surface area contributed by atoms with E-state index in [4.69, 9.17) is 23.1 Å². The summed E-state index contributed by atoms with van der Waals surface area (Å²) < 4.78 is 0. The van der Waals surface area contributed by atoms with Crippen molar-refractivity contribution in [1.82, 2.24) is 4.90 Å². The van der Waals surface area contributed by atoms with Gasteiger partial charge in [0.05, 0.1) is 0 Å². The highest BCUT2D eigenvalue weighted by Crippen LogP contribution is 2.34. The molecule has 24 heavy (non-hydrogen) atoms. The van der Waals surface area contributed by atoms with E-state index in [1.54, 1.807) is 29.2 Å². The zero-order chi connectivity index (χ0) is 17.6. The van der Waals surface area contributed by atoms with Crippen LogP contribution in [0.2, 0.25) is 5.02 Å². The Morgan fingerprint density at radius 1 is 1.29 bits per heavy atom. The summed E-state index contributed by atoms with van der Waals surface area (Å²) >= 11 is 6.01. The zero-order valence-corrected chi connectivity index (χ0v) is 14.4. The molecule has 1 fully saturated rings. The van der Waals surface area contributed by atoms with Gasteiger partial charge in [-0.3, -0.25) is 9.59 Å². The summed E-state index contributed by atoms with van der Waals surface area (Å²) in [6.45, 7) is 0.335. The molecule has 0 aliphatic heterocycles. The molecule has 1 aromatic carbocycles.